The topological polar surface area (TPSA) is 54.4 Å². The number of hydrogen-bond acceptors (Lipinski definition) is 2. The number of benzene rings is 1. The monoisotopic (exact) mass is 222 g/mol. The van der Waals surface area contributed by atoms with Gasteiger partial charge in [0.25, 0.3) is 0 Å². The van der Waals surface area contributed by atoms with Crippen LogP contribution >= 0.6 is 0 Å². The Hall–Kier alpha value is -1.71. The number of fused-ring (bicyclic) bond motifs is 1. The molecule has 0 spiro atoms. The fourth-order valence-electron chi connectivity index (χ4n) is 2.09. The lowest BCUT2D eigenvalue weighted by molar-refractivity contribution is 0.0691. The Bertz CT molecular complexity index is 493. The number of carbonyl (C=O) groups excluding carboxylic acids is 1. The molecule has 0 radical (unpaired) electrons. The largest absolute Gasteiger partial charge is 0.478 e. The van der Waals surface area contributed by atoms with Crippen molar-refractivity contribution in [3.8, 4) is 0 Å². The van der Waals surface area contributed by atoms with Crippen molar-refractivity contribution < 1.29 is 19.1 Å². The zero-order valence-corrected chi connectivity index (χ0v) is 8.95. The van der Waals surface area contributed by atoms with Gasteiger partial charge in [-0.25, -0.2) is 9.18 Å². The molecule has 1 aliphatic carbocycles. The molecule has 0 heterocycles. The number of carboxylic acid groups (broad SMARTS) is 1. The number of rotatable bonds is 1. The van der Waals surface area contributed by atoms with Crippen molar-refractivity contribution in [1.82, 2.24) is 0 Å². The zero-order chi connectivity index (χ0) is 12.0. The quantitative estimate of drug-likeness (QED) is 0.794. The van der Waals surface area contributed by atoms with Crippen LogP contribution in [0.4, 0.5) is 4.39 Å². The molecule has 16 heavy (non-hydrogen) atoms. The van der Waals surface area contributed by atoms with E-state index in [9.17, 15) is 14.0 Å². The number of carbonyl (C=O) groups is 2. The summed E-state index contributed by atoms with van der Waals surface area (Å²) in [7, 11) is 0. The van der Waals surface area contributed by atoms with E-state index in [1.54, 1.807) is 6.92 Å². The fourth-order valence-corrected chi connectivity index (χ4v) is 2.09. The van der Waals surface area contributed by atoms with Crippen LogP contribution in [0, 0.1) is 11.7 Å². The van der Waals surface area contributed by atoms with Gasteiger partial charge in [-0.3, -0.25) is 4.79 Å². The van der Waals surface area contributed by atoms with Gasteiger partial charge in [-0.1, -0.05) is 13.8 Å². The number of aromatic carboxylic acids is 1. The van der Waals surface area contributed by atoms with Crippen molar-refractivity contribution in [3.63, 3.8) is 0 Å². The van der Waals surface area contributed by atoms with E-state index in [1.807, 2.05) is 6.92 Å². The molecule has 0 saturated carbocycles. The maximum Gasteiger partial charge on any atom is 0.338 e. The molecule has 0 aliphatic heterocycles. The molecule has 0 amide bonds. The summed E-state index contributed by atoms with van der Waals surface area (Å²) in [5.41, 5.74) is 0.589. The van der Waals surface area contributed by atoms with Crippen LogP contribution in [0.1, 0.15) is 46.0 Å². The number of carboxylic acids is 1. The number of Topliss-reactive ketones (excluding diaryl/α,β-unsaturated/α-hetero) is 1. The molecule has 3 nitrogen and oxygen atoms in total. The summed E-state index contributed by atoms with van der Waals surface area (Å²) in [6.45, 7) is 3.61. The predicted octanol–water partition coefficient (Wildman–Crippen LogP) is 2.46. The molecule has 1 aromatic carbocycles. The van der Waals surface area contributed by atoms with E-state index in [1.165, 1.54) is 6.07 Å². The van der Waals surface area contributed by atoms with Gasteiger partial charge in [-0.15, -0.1) is 0 Å². The molecule has 0 saturated heterocycles. The highest BCUT2D eigenvalue weighted by Gasteiger charge is 2.35. The zero-order valence-electron chi connectivity index (χ0n) is 8.95. The molecular formula is C12H11FO3. The Morgan fingerprint density at radius 1 is 1.31 bits per heavy atom. The van der Waals surface area contributed by atoms with Crippen LogP contribution in [0.3, 0.4) is 0 Å². The molecular weight excluding hydrogens is 211 g/mol. The summed E-state index contributed by atoms with van der Waals surface area (Å²) < 4.78 is 13.4. The second-order valence-corrected chi connectivity index (χ2v) is 4.17. The van der Waals surface area contributed by atoms with Gasteiger partial charge in [-0.2, -0.15) is 0 Å². The van der Waals surface area contributed by atoms with Gasteiger partial charge < -0.3 is 5.11 Å². The first kappa shape index (κ1) is 10.8. The van der Waals surface area contributed by atoms with Gasteiger partial charge in [0, 0.05) is 11.5 Å². The van der Waals surface area contributed by atoms with Crippen molar-refractivity contribution in [2.75, 3.05) is 0 Å². The van der Waals surface area contributed by atoms with E-state index in [-0.39, 0.29) is 23.2 Å². The molecule has 2 rings (SSSR count). The lowest BCUT2D eigenvalue weighted by Crippen LogP contribution is -2.06. The molecule has 1 aliphatic rings. The molecule has 1 aromatic rings. The fraction of sp³-hybridized carbons (Fsp3) is 0.333. The lowest BCUT2D eigenvalue weighted by atomic mass is 9.95. The molecule has 0 aromatic heterocycles. The third-order valence-corrected chi connectivity index (χ3v) is 3.29. The van der Waals surface area contributed by atoms with Crippen molar-refractivity contribution in [2.45, 2.75) is 19.8 Å². The van der Waals surface area contributed by atoms with Crippen molar-refractivity contribution in [3.05, 3.63) is 34.6 Å². The SMILES string of the molecule is CC1C(=O)c2cc(F)c(C(=O)O)cc2C1C. The van der Waals surface area contributed by atoms with E-state index < -0.39 is 11.8 Å². The minimum atomic E-state index is -1.31. The minimum absolute atomic E-state index is 0.0544. The average Bonchev–Trinajstić information content (AvgIpc) is 2.43. The lowest BCUT2D eigenvalue weighted by Gasteiger charge is -2.08. The van der Waals surface area contributed by atoms with Crippen molar-refractivity contribution in [2.24, 2.45) is 5.92 Å². The highest BCUT2D eigenvalue weighted by molar-refractivity contribution is 6.04. The number of halogens is 1. The van der Waals surface area contributed by atoms with Crippen LogP contribution in [0.2, 0.25) is 0 Å². The van der Waals surface area contributed by atoms with Gasteiger partial charge in [0.05, 0.1) is 5.56 Å². The number of ketones is 1. The van der Waals surface area contributed by atoms with Crippen molar-refractivity contribution >= 4 is 11.8 Å². The molecule has 2 atom stereocenters. The van der Waals surface area contributed by atoms with Gasteiger partial charge in [0.2, 0.25) is 0 Å². The minimum Gasteiger partial charge on any atom is -0.478 e. The third kappa shape index (κ3) is 1.33. The summed E-state index contributed by atoms with van der Waals surface area (Å²) in [6, 6.07) is 2.32. The molecule has 84 valence electrons. The normalized spacial score (nSPS) is 23.3. The van der Waals surface area contributed by atoms with Crippen LogP contribution in [-0.4, -0.2) is 16.9 Å². The summed E-state index contributed by atoms with van der Waals surface area (Å²) in [6.07, 6.45) is 0. The Kier molecular flexibility index (Phi) is 2.30. The second kappa shape index (κ2) is 3.40. The second-order valence-electron chi connectivity index (χ2n) is 4.17. The van der Waals surface area contributed by atoms with Crippen LogP contribution < -0.4 is 0 Å². The van der Waals surface area contributed by atoms with E-state index in [0.717, 1.165) is 6.07 Å². The first-order valence-electron chi connectivity index (χ1n) is 5.04. The smallest absolute Gasteiger partial charge is 0.338 e. The summed E-state index contributed by atoms with van der Waals surface area (Å²) in [5.74, 6) is -2.53. The van der Waals surface area contributed by atoms with Gasteiger partial charge in [-0.05, 0) is 23.6 Å². The van der Waals surface area contributed by atoms with E-state index in [2.05, 4.69) is 0 Å². The summed E-state index contributed by atoms with van der Waals surface area (Å²) in [4.78, 5) is 22.5. The Balaban J connectivity index is 2.65. The summed E-state index contributed by atoms with van der Waals surface area (Å²) >= 11 is 0. The molecule has 0 fully saturated rings. The third-order valence-electron chi connectivity index (χ3n) is 3.29. The molecule has 2 unspecified atom stereocenters. The van der Waals surface area contributed by atoms with Crippen molar-refractivity contribution in [1.29, 1.82) is 0 Å². The Morgan fingerprint density at radius 3 is 2.50 bits per heavy atom. The van der Waals surface area contributed by atoms with Gasteiger partial charge in [0.1, 0.15) is 5.82 Å². The van der Waals surface area contributed by atoms with Crippen LogP contribution in [-0.2, 0) is 0 Å². The maximum atomic E-state index is 13.4. The first-order chi connectivity index (χ1) is 7.43. The van der Waals surface area contributed by atoms with Crippen LogP contribution in [0.5, 0.6) is 0 Å². The average molecular weight is 222 g/mol. The van der Waals surface area contributed by atoms with E-state index in [0.29, 0.717) is 11.1 Å². The standard InChI is InChI=1S/C12H11FO3/c1-5-6(2)11(14)8-4-10(13)9(12(15)16)3-7(5)8/h3-6H,1-2H3,(H,15,16). The number of hydrogen-bond donors (Lipinski definition) is 1. The summed E-state index contributed by atoms with van der Waals surface area (Å²) in [5, 5.41) is 8.79. The first-order valence-corrected chi connectivity index (χ1v) is 5.04. The van der Waals surface area contributed by atoms with E-state index in [4.69, 9.17) is 5.11 Å². The maximum absolute atomic E-state index is 13.4. The highest BCUT2D eigenvalue weighted by atomic mass is 19.1. The Labute approximate surface area is 91.9 Å². The molecule has 0 bridgehead atoms. The van der Waals surface area contributed by atoms with Crippen LogP contribution in [0.25, 0.3) is 0 Å². The van der Waals surface area contributed by atoms with Gasteiger partial charge in [0.15, 0.2) is 5.78 Å². The molecule has 1 N–H and O–H groups in total. The van der Waals surface area contributed by atoms with Gasteiger partial charge >= 0.3 is 5.97 Å². The van der Waals surface area contributed by atoms with Crippen LogP contribution in [0.15, 0.2) is 12.1 Å². The highest BCUT2D eigenvalue weighted by Crippen LogP contribution is 2.38. The molecule has 4 heteroatoms. The predicted molar refractivity (Wildman–Crippen MR) is 55.3 cm³/mol. The Morgan fingerprint density at radius 2 is 1.94 bits per heavy atom. The van der Waals surface area contributed by atoms with E-state index >= 15 is 0 Å².